The van der Waals surface area contributed by atoms with Gasteiger partial charge in [0.05, 0.1) is 6.33 Å². The van der Waals surface area contributed by atoms with Crippen LogP contribution in [-0.2, 0) is 12.6 Å². The number of thiocarbonyl (C=S) groups is 1. The van der Waals surface area contributed by atoms with Crippen molar-refractivity contribution in [3.05, 3.63) is 18.7 Å². The third kappa shape index (κ3) is 3.17. The summed E-state index contributed by atoms with van der Waals surface area (Å²) in [5, 5.41) is 0. The van der Waals surface area contributed by atoms with Crippen molar-refractivity contribution >= 4 is 29.2 Å². The summed E-state index contributed by atoms with van der Waals surface area (Å²) in [4.78, 5) is 3.75. The molecule has 0 radical (unpaired) electrons. The molecule has 5 heteroatoms. The van der Waals surface area contributed by atoms with E-state index in [4.69, 9.17) is 0 Å². The Hall–Kier alpha value is 1.16. The van der Waals surface area contributed by atoms with Crippen LogP contribution in [0.3, 0.4) is 0 Å². The van der Waals surface area contributed by atoms with E-state index in [9.17, 15) is 0 Å². The average Bonchev–Trinajstić information content (AvgIpc) is 2.12. The molecule has 1 heterocycles. The van der Waals surface area contributed by atoms with Crippen molar-refractivity contribution in [2.24, 2.45) is 0 Å². The summed E-state index contributed by atoms with van der Waals surface area (Å²) in [7, 11) is 0. The average molecular weight is 182 g/mol. The van der Waals surface area contributed by atoms with Crippen LogP contribution < -0.4 is 51.4 Å². The Labute approximate surface area is 107 Å². The molecule has 2 nitrogen and oxygen atoms in total. The van der Waals surface area contributed by atoms with E-state index in [0.717, 1.165) is 0 Å². The Kier molecular flexibility index (Phi) is 5.52. The summed E-state index contributed by atoms with van der Waals surface area (Å²) in [5.41, 5.74) is 0. The number of hydrogen-bond donors (Lipinski definition) is 0. The third-order valence-corrected chi connectivity index (χ3v) is 1.14. The summed E-state index contributed by atoms with van der Waals surface area (Å²) in [6.07, 6.45) is 4.93. The van der Waals surface area contributed by atoms with E-state index in [1.165, 1.54) is 0 Å². The Balaban J connectivity index is 0.000000640. The SMILES string of the molecule is S=C([S-])n1ccnc1.[K+]. The molecule has 1 aromatic rings. The molecule has 0 saturated heterocycles. The molecule has 1 aromatic heterocycles. The Bertz CT molecular complexity index is 184. The summed E-state index contributed by atoms with van der Waals surface area (Å²) in [6.45, 7) is 0. The Morgan fingerprint density at radius 1 is 1.67 bits per heavy atom. The molecule has 42 valence electrons. The second kappa shape index (κ2) is 4.89. The van der Waals surface area contributed by atoms with Crippen LogP contribution in [0.1, 0.15) is 0 Å². The molecule has 0 bridgehead atoms. The molecule has 0 saturated carbocycles. The predicted octanol–water partition coefficient (Wildman–Crippen LogP) is -2.43. The molecule has 0 amide bonds. The standard InChI is InChI=1S/C4H4N2S2.K/c7-4(8)6-2-1-5-3-6;/h1-3H,(H,7,8);/q;+1/p-1. The molecular weight excluding hydrogens is 179 g/mol. The summed E-state index contributed by atoms with van der Waals surface area (Å²) in [5.74, 6) is 0. The molecule has 9 heavy (non-hydrogen) atoms. The molecular formula is C4H3KN2S2. The van der Waals surface area contributed by atoms with Crippen LogP contribution in [-0.4, -0.2) is 13.9 Å². The Morgan fingerprint density at radius 3 is 2.56 bits per heavy atom. The van der Waals surface area contributed by atoms with E-state index in [1.54, 1.807) is 23.3 Å². The summed E-state index contributed by atoms with van der Waals surface area (Å²) >= 11 is 9.31. The van der Waals surface area contributed by atoms with E-state index in [0.29, 0.717) is 4.32 Å². The summed E-state index contributed by atoms with van der Waals surface area (Å²) in [6, 6.07) is 0. The van der Waals surface area contributed by atoms with Crippen molar-refractivity contribution in [3.63, 3.8) is 0 Å². The normalized spacial score (nSPS) is 8.00. The van der Waals surface area contributed by atoms with Gasteiger partial charge in [0.2, 0.25) is 0 Å². The van der Waals surface area contributed by atoms with Crippen LogP contribution in [0.25, 0.3) is 0 Å². The Morgan fingerprint density at radius 2 is 2.33 bits per heavy atom. The van der Waals surface area contributed by atoms with E-state index in [-0.39, 0.29) is 51.4 Å². The van der Waals surface area contributed by atoms with Gasteiger partial charge in [0.25, 0.3) is 0 Å². The minimum absolute atomic E-state index is 0. The van der Waals surface area contributed by atoms with Crippen LogP contribution in [0.4, 0.5) is 0 Å². The maximum Gasteiger partial charge on any atom is 1.00 e. The first-order valence-electron chi connectivity index (χ1n) is 2.00. The van der Waals surface area contributed by atoms with Gasteiger partial charge in [0, 0.05) is 12.4 Å². The molecule has 0 aliphatic carbocycles. The van der Waals surface area contributed by atoms with E-state index in [2.05, 4.69) is 29.8 Å². The van der Waals surface area contributed by atoms with Gasteiger partial charge in [-0.3, -0.25) is 0 Å². The van der Waals surface area contributed by atoms with E-state index < -0.39 is 0 Å². The van der Waals surface area contributed by atoms with Gasteiger partial charge in [0.15, 0.2) is 0 Å². The molecule has 0 N–H and O–H groups in total. The van der Waals surface area contributed by atoms with Crippen LogP contribution in [0.15, 0.2) is 18.7 Å². The fourth-order valence-electron chi connectivity index (χ4n) is 0.367. The largest absolute Gasteiger partial charge is 1.00 e. The van der Waals surface area contributed by atoms with Gasteiger partial charge in [-0.15, -0.1) is 0 Å². The van der Waals surface area contributed by atoms with Gasteiger partial charge >= 0.3 is 51.4 Å². The van der Waals surface area contributed by atoms with Crippen LogP contribution in [0.5, 0.6) is 0 Å². The van der Waals surface area contributed by atoms with Crippen molar-refractivity contribution < 1.29 is 51.4 Å². The fourth-order valence-corrected chi connectivity index (χ4v) is 0.583. The van der Waals surface area contributed by atoms with Gasteiger partial charge in [-0.1, -0.05) is 4.32 Å². The molecule has 0 aromatic carbocycles. The number of nitrogens with zero attached hydrogens (tertiary/aromatic N) is 2. The maximum absolute atomic E-state index is 4.65. The van der Waals surface area contributed by atoms with Crippen LogP contribution >= 0.6 is 12.2 Å². The number of imidazole rings is 1. The molecule has 1 rings (SSSR count). The third-order valence-electron chi connectivity index (χ3n) is 0.715. The number of aromatic nitrogens is 2. The number of rotatable bonds is 0. The van der Waals surface area contributed by atoms with Gasteiger partial charge in [-0.2, -0.15) is 0 Å². The second-order valence-corrected chi connectivity index (χ2v) is 2.27. The maximum atomic E-state index is 4.65. The van der Waals surface area contributed by atoms with Crippen molar-refractivity contribution in [1.29, 1.82) is 0 Å². The first-order valence-corrected chi connectivity index (χ1v) is 2.81. The first-order chi connectivity index (χ1) is 3.80. The zero-order chi connectivity index (χ0) is 5.98. The molecule has 0 fully saturated rings. The predicted molar refractivity (Wildman–Crippen MR) is 37.6 cm³/mol. The van der Waals surface area contributed by atoms with Gasteiger partial charge in [-0.25, -0.2) is 4.98 Å². The summed E-state index contributed by atoms with van der Waals surface area (Å²) < 4.78 is 2.01. The molecule has 0 aliphatic rings. The topological polar surface area (TPSA) is 17.8 Å². The smallest absolute Gasteiger partial charge is 0.411 e. The monoisotopic (exact) mass is 182 g/mol. The molecule has 0 spiro atoms. The van der Waals surface area contributed by atoms with Crippen molar-refractivity contribution in [3.8, 4) is 0 Å². The zero-order valence-electron chi connectivity index (χ0n) is 4.94. The minimum Gasteiger partial charge on any atom is -0.411 e. The quantitative estimate of drug-likeness (QED) is 0.252. The number of hydrogen-bond acceptors (Lipinski definition) is 3. The molecule has 0 aliphatic heterocycles. The molecule has 0 atom stereocenters. The van der Waals surface area contributed by atoms with Crippen molar-refractivity contribution in [2.75, 3.05) is 0 Å². The zero-order valence-corrected chi connectivity index (χ0v) is 9.70. The van der Waals surface area contributed by atoms with E-state index >= 15 is 0 Å². The van der Waals surface area contributed by atoms with Crippen molar-refractivity contribution in [2.45, 2.75) is 0 Å². The van der Waals surface area contributed by atoms with Crippen LogP contribution in [0.2, 0.25) is 0 Å². The fraction of sp³-hybridized carbons (Fsp3) is 0. The first kappa shape index (κ1) is 10.2. The second-order valence-electron chi connectivity index (χ2n) is 1.24. The van der Waals surface area contributed by atoms with Gasteiger partial charge < -0.3 is 29.4 Å². The minimum atomic E-state index is 0. The van der Waals surface area contributed by atoms with Gasteiger partial charge in [0.1, 0.15) is 0 Å². The van der Waals surface area contributed by atoms with Gasteiger partial charge in [-0.05, 0) is 0 Å². The van der Waals surface area contributed by atoms with Crippen LogP contribution in [0, 0.1) is 0 Å². The molecule has 0 unspecified atom stereocenters. The van der Waals surface area contributed by atoms with Crippen molar-refractivity contribution in [1.82, 2.24) is 9.55 Å². The van der Waals surface area contributed by atoms with E-state index in [1.807, 2.05) is 0 Å².